The van der Waals surface area contributed by atoms with Gasteiger partial charge in [0.2, 0.25) is 0 Å². The van der Waals surface area contributed by atoms with Crippen LogP contribution in [0.2, 0.25) is 0 Å². The molecule has 0 aliphatic rings. The zero-order valence-corrected chi connectivity index (χ0v) is 8.78. The van der Waals surface area contributed by atoms with Crippen molar-refractivity contribution >= 4 is 15.9 Å². The van der Waals surface area contributed by atoms with Crippen molar-refractivity contribution in [1.82, 2.24) is 10.2 Å². The highest BCUT2D eigenvalue weighted by Crippen LogP contribution is 2.18. The second-order valence-electron chi connectivity index (χ2n) is 2.81. The molecule has 0 unspecified atom stereocenters. The predicted molar refractivity (Wildman–Crippen MR) is 58.0 cm³/mol. The first kappa shape index (κ1) is 9.15. The Morgan fingerprint density at radius 2 is 1.79 bits per heavy atom. The van der Waals surface area contributed by atoms with Crippen molar-refractivity contribution in [2.75, 3.05) is 0 Å². The maximum absolute atomic E-state index is 10.8. The van der Waals surface area contributed by atoms with Crippen LogP contribution in [0.4, 0.5) is 0 Å². The van der Waals surface area contributed by atoms with E-state index in [9.17, 15) is 4.79 Å². The minimum absolute atomic E-state index is 0.189. The van der Waals surface area contributed by atoms with E-state index in [1.807, 2.05) is 24.3 Å². The molecule has 1 aromatic carbocycles. The van der Waals surface area contributed by atoms with Gasteiger partial charge in [-0.15, -0.1) is 0 Å². The fraction of sp³-hybridized carbons (Fsp3) is 0. The molecule has 2 aromatic rings. The molecule has 3 nitrogen and oxygen atoms in total. The zero-order chi connectivity index (χ0) is 9.97. The number of hydrogen-bond donors (Lipinski definition) is 1. The van der Waals surface area contributed by atoms with Crippen molar-refractivity contribution < 1.29 is 0 Å². The van der Waals surface area contributed by atoms with Crippen LogP contribution in [0, 0.1) is 0 Å². The second kappa shape index (κ2) is 3.75. The van der Waals surface area contributed by atoms with Gasteiger partial charge in [0.15, 0.2) is 0 Å². The average molecular weight is 251 g/mol. The highest BCUT2D eigenvalue weighted by Gasteiger charge is 1.97. The van der Waals surface area contributed by atoms with E-state index in [0.717, 1.165) is 15.7 Å². The molecular formula is C10H7BrN2O. The topological polar surface area (TPSA) is 45.8 Å². The summed E-state index contributed by atoms with van der Waals surface area (Å²) in [5.41, 5.74) is 1.55. The van der Waals surface area contributed by atoms with Gasteiger partial charge in [0.25, 0.3) is 5.56 Å². The smallest absolute Gasteiger partial charge is 0.264 e. The molecule has 0 saturated carbocycles. The van der Waals surface area contributed by atoms with Crippen molar-refractivity contribution in [2.45, 2.75) is 0 Å². The maximum atomic E-state index is 10.8. The standard InChI is InChI=1S/C10H7BrN2O/c11-8-3-1-7(2-4-8)9-5-6-10(14)13-12-9/h1-6H,(H,13,14). The zero-order valence-electron chi connectivity index (χ0n) is 7.20. The largest absolute Gasteiger partial charge is 0.268 e. The first-order valence-electron chi connectivity index (χ1n) is 4.07. The summed E-state index contributed by atoms with van der Waals surface area (Å²) in [7, 11) is 0. The molecule has 1 aromatic heterocycles. The lowest BCUT2D eigenvalue weighted by Crippen LogP contribution is -2.05. The number of H-pyrrole nitrogens is 1. The minimum Gasteiger partial charge on any atom is -0.268 e. The molecule has 0 bridgehead atoms. The Labute approximate surface area is 88.9 Å². The lowest BCUT2D eigenvalue weighted by Gasteiger charge is -1.98. The van der Waals surface area contributed by atoms with Crippen molar-refractivity contribution in [2.24, 2.45) is 0 Å². The number of aromatic amines is 1. The van der Waals surface area contributed by atoms with Crippen LogP contribution in [0.25, 0.3) is 11.3 Å². The lowest BCUT2D eigenvalue weighted by atomic mass is 10.1. The molecule has 14 heavy (non-hydrogen) atoms. The van der Waals surface area contributed by atoms with Crippen molar-refractivity contribution in [3.05, 3.63) is 51.2 Å². The second-order valence-corrected chi connectivity index (χ2v) is 3.73. The highest BCUT2D eigenvalue weighted by atomic mass is 79.9. The summed E-state index contributed by atoms with van der Waals surface area (Å²) in [6.07, 6.45) is 0. The number of hydrogen-bond acceptors (Lipinski definition) is 2. The van der Waals surface area contributed by atoms with Crippen LogP contribution in [-0.2, 0) is 0 Å². The summed E-state index contributed by atoms with van der Waals surface area (Å²) in [4.78, 5) is 10.8. The van der Waals surface area contributed by atoms with Gasteiger partial charge in [-0.2, -0.15) is 5.10 Å². The van der Waals surface area contributed by atoms with E-state index in [4.69, 9.17) is 0 Å². The van der Waals surface area contributed by atoms with E-state index in [1.54, 1.807) is 6.07 Å². The van der Waals surface area contributed by atoms with Crippen molar-refractivity contribution in [3.8, 4) is 11.3 Å². The molecule has 0 atom stereocenters. The average Bonchev–Trinajstić information content (AvgIpc) is 2.21. The van der Waals surface area contributed by atoms with Crippen LogP contribution in [0.1, 0.15) is 0 Å². The summed E-state index contributed by atoms with van der Waals surface area (Å²) in [5, 5.41) is 6.32. The van der Waals surface area contributed by atoms with E-state index in [1.165, 1.54) is 6.07 Å². The summed E-state index contributed by atoms with van der Waals surface area (Å²) < 4.78 is 1.02. The van der Waals surface area contributed by atoms with Crippen LogP contribution in [0.5, 0.6) is 0 Å². The molecule has 0 amide bonds. The molecule has 1 N–H and O–H groups in total. The Morgan fingerprint density at radius 1 is 1.07 bits per heavy atom. The van der Waals surface area contributed by atoms with Gasteiger partial charge >= 0.3 is 0 Å². The van der Waals surface area contributed by atoms with Crippen LogP contribution >= 0.6 is 15.9 Å². The number of halogens is 1. The number of benzene rings is 1. The van der Waals surface area contributed by atoms with Gasteiger partial charge in [-0.1, -0.05) is 28.1 Å². The molecular weight excluding hydrogens is 244 g/mol. The summed E-state index contributed by atoms with van der Waals surface area (Å²) >= 11 is 3.35. The Hall–Kier alpha value is -1.42. The van der Waals surface area contributed by atoms with Gasteiger partial charge in [0, 0.05) is 16.1 Å². The molecule has 0 saturated heterocycles. The van der Waals surface area contributed by atoms with Crippen LogP contribution in [0.3, 0.4) is 0 Å². The Balaban J connectivity index is 2.44. The summed E-state index contributed by atoms with van der Waals surface area (Å²) in [5.74, 6) is 0. The fourth-order valence-corrected chi connectivity index (χ4v) is 1.39. The first-order valence-corrected chi connectivity index (χ1v) is 4.87. The highest BCUT2D eigenvalue weighted by molar-refractivity contribution is 9.10. The quantitative estimate of drug-likeness (QED) is 0.844. The SMILES string of the molecule is O=c1ccc(-c2ccc(Br)cc2)n[nH]1. The Bertz CT molecular complexity index is 470. The molecule has 2 rings (SSSR count). The Kier molecular flexibility index (Phi) is 2.45. The molecule has 0 aliphatic carbocycles. The third-order valence-corrected chi connectivity index (χ3v) is 2.35. The van der Waals surface area contributed by atoms with Crippen LogP contribution in [-0.4, -0.2) is 10.2 Å². The van der Waals surface area contributed by atoms with Crippen molar-refractivity contribution in [1.29, 1.82) is 0 Å². The molecule has 0 radical (unpaired) electrons. The number of rotatable bonds is 1. The summed E-state index contributed by atoms with van der Waals surface area (Å²) in [6, 6.07) is 10.9. The molecule has 4 heteroatoms. The third kappa shape index (κ3) is 1.90. The van der Waals surface area contributed by atoms with Gasteiger partial charge in [0.05, 0.1) is 5.69 Å². The number of nitrogens with one attached hydrogen (secondary N) is 1. The van der Waals surface area contributed by atoms with E-state index in [-0.39, 0.29) is 5.56 Å². The fourth-order valence-electron chi connectivity index (χ4n) is 1.13. The summed E-state index contributed by atoms with van der Waals surface area (Å²) in [6.45, 7) is 0. The van der Waals surface area contributed by atoms with Gasteiger partial charge in [-0.05, 0) is 18.2 Å². The monoisotopic (exact) mass is 250 g/mol. The Morgan fingerprint density at radius 3 is 2.36 bits per heavy atom. The van der Waals surface area contributed by atoms with Gasteiger partial charge in [-0.25, -0.2) is 5.10 Å². The molecule has 0 fully saturated rings. The molecule has 0 spiro atoms. The van der Waals surface area contributed by atoms with E-state index >= 15 is 0 Å². The van der Waals surface area contributed by atoms with Crippen molar-refractivity contribution in [3.63, 3.8) is 0 Å². The van der Waals surface area contributed by atoms with E-state index in [0.29, 0.717) is 0 Å². The van der Waals surface area contributed by atoms with Crippen LogP contribution < -0.4 is 5.56 Å². The van der Waals surface area contributed by atoms with E-state index < -0.39 is 0 Å². The maximum Gasteiger partial charge on any atom is 0.264 e. The normalized spacial score (nSPS) is 10.1. The molecule has 70 valence electrons. The van der Waals surface area contributed by atoms with Gasteiger partial charge in [0.1, 0.15) is 0 Å². The molecule has 0 aliphatic heterocycles. The minimum atomic E-state index is -0.189. The van der Waals surface area contributed by atoms with Gasteiger partial charge < -0.3 is 0 Å². The van der Waals surface area contributed by atoms with Gasteiger partial charge in [-0.3, -0.25) is 4.79 Å². The predicted octanol–water partition coefficient (Wildman–Crippen LogP) is 2.20. The number of nitrogens with zero attached hydrogens (tertiary/aromatic N) is 1. The lowest BCUT2D eigenvalue weighted by molar-refractivity contribution is 0.995. The first-order chi connectivity index (χ1) is 6.75. The third-order valence-electron chi connectivity index (χ3n) is 1.82. The number of aromatic nitrogens is 2. The van der Waals surface area contributed by atoms with Crippen LogP contribution in [0.15, 0.2) is 45.7 Å². The van der Waals surface area contributed by atoms with E-state index in [2.05, 4.69) is 26.1 Å². The molecule has 1 heterocycles.